The standard InChI is InChI=1S/C18H16N2O2S/c21-16(19-14-9-5-2-6-10-14)12-15-18(22)20-17(23-15)11-13-7-3-1-4-8-13/h1-10,15H,11-12H2,(H,19,21). The number of thioether (sulfide) groups is 1. The second kappa shape index (κ2) is 7.24. The van der Waals surface area contributed by atoms with Gasteiger partial charge in [-0.15, -0.1) is 0 Å². The lowest BCUT2D eigenvalue weighted by Crippen LogP contribution is -2.21. The number of anilines is 1. The van der Waals surface area contributed by atoms with Crippen molar-refractivity contribution in [3.8, 4) is 0 Å². The quantitative estimate of drug-likeness (QED) is 0.918. The topological polar surface area (TPSA) is 58.5 Å². The molecule has 0 spiro atoms. The Bertz CT molecular complexity index is 729. The van der Waals surface area contributed by atoms with E-state index in [2.05, 4.69) is 10.3 Å². The highest BCUT2D eigenvalue weighted by Gasteiger charge is 2.30. The van der Waals surface area contributed by atoms with Crippen LogP contribution in [-0.2, 0) is 16.0 Å². The Kier molecular flexibility index (Phi) is 4.88. The van der Waals surface area contributed by atoms with Crippen LogP contribution in [0.4, 0.5) is 5.69 Å². The van der Waals surface area contributed by atoms with E-state index in [1.807, 2.05) is 60.7 Å². The number of nitrogens with zero attached hydrogens (tertiary/aromatic N) is 1. The summed E-state index contributed by atoms with van der Waals surface area (Å²) in [6, 6.07) is 19.1. The Balaban J connectivity index is 1.54. The van der Waals surface area contributed by atoms with E-state index in [1.165, 1.54) is 11.8 Å². The second-order valence-electron chi connectivity index (χ2n) is 5.23. The molecule has 0 aromatic heterocycles. The Morgan fingerprint density at radius 1 is 1.04 bits per heavy atom. The average Bonchev–Trinajstić information content (AvgIpc) is 2.88. The van der Waals surface area contributed by atoms with Crippen LogP contribution in [0, 0.1) is 0 Å². The maximum Gasteiger partial charge on any atom is 0.260 e. The van der Waals surface area contributed by atoms with Crippen LogP contribution in [0.5, 0.6) is 0 Å². The fourth-order valence-electron chi connectivity index (χ4n) is 2.32. The Morgan fingerprint density at radius 3 is 2.39 bits per heavy atom. The van der Waals surface area contributed by atoms with E-state index in [1.54, 1.807) is 0 Å². The molecule has 3 rings (SSSR count). The van der Waals surface area contributed by atoms with Crippen molar-refractivity contribution < 1.29 is 9.59 Å². The Hall–Kier alpha value is -2.40. The molecule has 1 atom stereocenters. The van der Waals surface area contributed by atoms with Crippen molar-refractivity contribution in [3.63, 3.8) is 0 Å². The summed E-state index contributed by atoms with van der Waals surface area (Å²) < 4.78 is 0. The first kappa shape index (κ1) is 15.5. The molecule has 5 heteroatoms. The first-order chi connectivity index (χ1) is 11.2. The molecule has 23 heavy (non-hydrogen) atoms. The summed E-state index contributed by atoms with van der Waals surface area (Å²) in [5.41, 5.74) is 1.85. The highest BCUT2D eigenvalue weighted by atomic mass is 32.2. The average molecular weight is 324 g/mol. The van der Waals surface area contributed by atoms with Gasteiger partial charge in [0.1, 0.15) is 5.25 Å². The molecule has 0 bridgehead atoms. The lowest BCUT2D eigenvalue weighted by Gasteiger charge is -2.08. The summed E-state index contributed by atoms with van der Waals surface area (Å²) in [6.07, 6.45) is 0.772. The minimum absolute atomic E-state index is 0.139. The van der Waals surface area contributed by atoms with Gasteiger partial charge in [-0.1, -0.05) is 60.3 Å². The molecule has 1 unspecified atom stereocenters. The van der Waals surface area contributed by atoms with Crippen molar-refractivity contribution >= 4 is 34.3 Å². The minimum atomic E-state index is -0.419. The largest absolute Gasteiger partial charge is 0.326 e. The van der Waals surface area contributed by atoms with Crippen LogP contribution in [0.1, 0.15) is 12.0 Å². The lowest BCUT2D eigenvalue weighted by atomic mass is 10.2. The number of carbonyl (C=O) groups excluding carboxylic acids is 2. The SMILES string of the molecule is O=C(CC1SC(Cc2ccccc2)=NC1=O)Nc1ccccc1. The van der Waals surface area contributed by atoms with E-state index < -0.39 is 5.25 Å². The van der Waals surface area contributed by atoms with Gasteiger partial charge in [-0.2, -0.15) is 0 Å². The zero-order chi connectivity index (χ0) is 16.1. The summed E-state index contributed by atoms with van der Waals surface area (Å²) in [7, 11) is 0. The summed E-state index contributed by atoms with van der Waals surface area (Å²) in [4.78, 5) is 28.1. The van der Waals surface area contributed by atoms with Crippen molar-refractivity contribution in [1.29, 1.82) is 0 Å². The number of nitrogens with one attached hydrogen (secondary N) is 1. The molecule has 0 aliphatic carbocycles. The van der Waals surface area contributed by atoms with Gasteiger partial charge in [0.15, 0.2) is 0 Å². The molecule has 2 aromatic rings. The number of para-hydroxylation sites is 1. The molecule has 0 fully saturated rings. The van der Waals surface area contributed by atoms with Crippen molar-refractivity contribution in [2.45, 2.75) is 18.1 Å². The second-order valence-corrected chi connectivity index (χ2v) is 6.51. The first-order valence-corrected chi connectivity index (χ1v) is 8.25. The predicted octanol–water partition coefficient (Wildman–Crippen LogP) is 3.30. The number of aliphatic imine (C=N–C) groups is 1. The lowest BCUT2D eigenvalue weighted by molar-refractivity contribution is -0.121. The molecule has 0 saturated carbocycles. The molecule has 4 nitrogen and oxygen atoms in total. The molecule has 2 aromatic carbocycles. The molecule has 1 aliphatic heterocycles. The zero-order valence-electron chi connectivity index (χ0n) is 12.4. The van der Waals surface area contributed by atoms with Gasteiger partial charge in [-0.25, -0.2) is 4.99 Å². The molecular weight excluding hydrogens is 308 g/mol. The van der Waals surface area contributed by atoms with E-state index >= 15 is 0 Å². The van der Waals surface area contributed by atoms with Crippen molar-refractivity contribution in [2.75, 3.05) is 5.32 Å². The summed E-state index contributed by atoms with van der Waals surface area (Å²) in [5.74, 6) is -0.387. The third kappa shape index (κ3) is 4.29. The van der Waals surface area contributed by atoms with Crippen LogP contribution in [0.3, 0.4) is 0 Å². The van der Waals surface area contributed by atoms with Crippen LogP contribution in [0.2, 0.25) is 0 Å². The number of carbonyl (C=O) groups is 2. The summed E-state index contributed by atoms with van der Waals surface area (Å²) in [5, 5.41) is 3.16. The van der Waals surface area contributed by atoms with Gasteiger partial charge in [0.2, 0.25) is 5.91 Å². The third-order valence-electron chi connectivity index (χ3n) is 3.42. The van der Waals surface area contributed by atoms with Gasteiger partial charge in [-0.05, 0) is 17.7 Å². The minimum Gasteiger partial charge on any atom is -0.326 e. The Labute approximate surface area is 139 Å². The monoisotopic (exact) mass is 324 g/mol. The molecule has 1 N–H and O–H groups in total. The fourth-order valence-corrected chi connectivity index (χ4v) is 3.43. The van der Waals surface area contributed by atoms with Gasteiger partial charge in [0, 0.05) is 18.5 Å². The molecule has 0 saturated heterocycles. The summed E-state index contributed by atoms with van der Waals surface area (Å²) >= 11 is 1.39. The number of hydrogen-bond donors (Lipinski definition) is 1. The molecule has 1 aliphatic rings. The number of hydrogen-bond acceptors (Lipinski definition) is 3. The molecule has 0 radical (unpaired) electrons. The third-order valence-corrected chi connectivity index (χ3v) is 4.58. The van der Waals surface area contributed by atoms with Gasteiger partial charge in [-0.3, -0.25) is 9.59 Å². The normalized spacial score (nSPS) is 17.0. The molecule has 2 amide bonds. The van der Waals surface area contributed by atoms with E-state index in [4.69, 9.17) is 0 Å². The maximum absolute atomic E-state index is 12.1. The van der Waals surface area contributed by atoms with Gasteiger partial charge in [0.25, 0.3) is 5.91 Å². The van der Waals surface area contributed by atoms with Crippen LogP contribution in [0.15, 0.2) is 65.7 Å². The fraction of sp³-hybridized carbons (Fsp3) is 0.167. The molecule has 1 heterocycles. The van der Waals surface area contributed by atoms with E-state index in [9.17, 15) is 9.59 Å². The van der Waals surface area contributed by atoms with Crippen LogP contribution >= 0.6 is 11.8 Å². The highest BCUT2D eigenvalue weighted by Crippen LogP contribution is 2.27. The zero-order valence-corrected chi connectivity index (χ0v) is 13.3. The number of benzene rings is 2. The molecular formula is C18H16N2O2S. The Morgan fingerprint density at radius 2 is 1.70 bits per heavy atom. The van der Waals surface area contributed by atoms with E-state index in [0.717, 1.165) is 16.3 Å². The van der Waals surface area contributed by atoms with Crippen molar-refractivity contribution in [2.24, 2.45) is 4.99 Å². The number of amides is 2. The van der Waals surface area contributed by atoms with Gasteiger partial charge >= 0.3 is 0 Å². The van der Waals surface area contributed by atoms with Crippen molar-refractivity contribution in [1.82, 2.24) is 0 Å². The van der Waals surface area contributed by atoms with Gasteiger partial charge < -0.3 is 5.32 Å². The maximum atomic E-state index is 12.1. The van der Waals surface area contributed by atoms with Crippen LogP contribution in [-0.4, -0.2) is 22.1 Å². The molecule has 116 valence electrons. The summed E-state index contributed by atoms with van der Waals surface area (Å²) in [6.45, 7) is 0. The number of rotatable bonds is 5. The van der Waals surface area contributed by atoms with E-state index in [0.29, 0.717) is 6.42 Å². The first-order valence-electron chi connectivity index (χ1n) is 7.37. The van der Waals surface area contributed by atoms with Gasteiger partial charge in [0.05, 0.1) is 5.04 Å². The predicted molar refractivity (Wildman–Crippen MR) is 93.7 cm³/mol. The van der Waals surface area contributed by atoms with Crippen LogP contribution in [0.25, 0.3) is 0 Å². The van der Waals surface area contributed by atoms with Crippen LogP contribution < -0.4 is 5.32 Å². The van der Waals surface area contributed by atoms with Crippen molar-refractivity contribution in [3.05, 3.63) is 66.2 Å². The highest BCUT2D eigenvalue weighted by molar-refractivity contribution is 8.15. The smallest absolute Gasteiger partial charge is 0.260 e. The van der Waals surface area contributed by atoms with E-state index in [-0.39, 0.29) is 18.2 Å².